The van der Waals surface area contributed by atoms with E-state index in [-0.39, 0.29) is 18.1 Å². The van der Waals surface area contributed by atoms with E-state index in [2.05, 4.69) is 0 Å². The largest absolute Gasteiger partial charge is 0.450 e. The molecule has 7 nitrogen and oxygen atoms in total. The third-order valence-electron chi connectivity index (χ3n) is 3.76. The average Bonchev–Trinajstić information content (AvgIpc) is 2.61. The number of ether oxygens (including phenoxy) is 1. The topological polar surface area (TPSA) is 84.0 Å². The smallest absolute Gasteiger partial charge is 0.409 e. The van der Waals surface area contributed by atoms with Gasteiger partial charge in [0.25, 0.3) is 5.91 Å². The summed E-state index contributed by atoms with van der Waals surface area (Å²) in [4.78, 5) is 26.5. The third-order valence-corrected chi connectivity index (χ3v) is 5.16. The van der Waals surface area contributed by atoms with Crippen LogP contribution in [-0.4, -0.2) is 68.8 Å². The van der Waals surface area contributed by atoms with Crippen LogP contribution in [0.15, 0.2) is 29.2 Å². The van der Waals surface area contributed by atoms with E-state index in [9.17, 15) is 26.8 Å². The SMILES string of the molecule is CCOC(=O)N1CCN(C(=O)c2ccc(S(=O)(=O)C(F)F)cc2)CC1. The molecule has 0 unspecified atom stereocenters. The molecule has 1 aliphatic heterocycles. The molecular weight excluding hydrogens is 358 g/mol. The molecule has 1 fully saturated rings. The number of hydrogen-bond donors (Lipinski definition) is 0. The van der Waals surface area contributed by atoms with E-state index in [1.54, 1.807) is 6.92 Å². The van der Waals surface area contributed by atoms with Crippen molar-refractivity contribution in [2.75, 3.05) is 32.8 Å². The van der Waals surface area contributed by atoms with Crippen LogP contribution >= 0.6 is 0 Å². The van der Waals surface area contributed by atoms with Crippen molar-refractivity contribution in [3.63, 3.8) is 0 Å². The quantitative estimate of drug-likeness (QED) is 0.797. The lowest BCUT2D eigenvalue weighted by atomic mass is 10.2. The fraction of sp³-hybridized carbons (Fsp3) is 0.467. The fourth-order valence-corrected chi connectivity index (χ4v) is 3.10. The highest BCUT2D eigenvalue weighted by molar-refractivity contribution is 7.91. The Bertz CT molecular complexity index is 729. The molecule has 1 aromatic rings. The van der Waals surface area contributed by atoms with Gasteiger partial charge in [0, 0.05) is 31.7 Å². The van der Waals surface area contributed by atoms with Crippen molar-refractivity contribution >= 4 is 21.8 Å². The fourth-order valence-electron chi connectivity index (χ4n) is 2.38. The van der Waals surface area contributed by atoms with Crippen LogP contribution in [-0.2, 0) is 14.6 Å². The van der Waals surface area contributed by atoms with Gasteiger partial charge < -0.3 is 14.5 Å². The predicted molar refractivity (Wildman–Crippen MR) is 84.1 cm³/mol. The molecule has 0 aromatic heterocycles. The summed E-state index contributed by atoms with van der Waals surface area (Å²) in [5.41, 5.74) is 0.192. The second-order valence-corrected chi connectivity index (χ2v) is 7.23. The number of rotatable bonds is 4. The summed E-state index contributed by atoms with van der Waals surface area (Å²) in [6.07, 6.45) is -0.434. The zero-order valence-electron chi connectivity index (χ0n) is 13.5. The highest BCUT2D eigenvalue weighted by atomic mass is 32.2. The van der Waals surface area contributed by atoms with Gasteiger partial charge in [0.15, 0.2) is 0 Å². The van der Waals surface area contributed by atoms with Crippen LogP contribution in [0.2, 0.25) is 0 Å². The first kappa shape index (κ1) is 19.1. The van der Waals surface area contributed by atoms with E-state index in [1.807, 2.05) is 0 Å². The lowest BCUT2D eigenvalue weighted by molar-refractivity contribution is 0.0570. The highest BCUT2D eigenvalue weighted by Crippen LogP contribution is 2.19. The minimum Gasteiger partial charge on any atom is -0.450 e. The molecule has 2 amide bonds. The maximum atomic E-state index is 12.5. The van der Waals surface area contributed by atoms with Crippen LogP contribution in [0.4, 0.5) is 13.6 Å². The molecular formula is C15H18F2N2O5S. The van der Waals surface area contributed by atoms with Crippen LogP contribution in [0.1, 0.15) is 17.3 Å². The normalized spacial score (nSPS) is 15.4. The van der Waals surface area contributed by atoms with E-state index in [1.165, 1.54) is 21.9 Å². The molecule has 25 heavy (non-hydrogen) atoms. The van der Waals surface area contributed by atoms with Crippen molar-refractivity contribution in [2.45, 2.75) is 17.6 Å². The molecule has 0 radical (unpaired) electrons. The van der Waals surface area contributed by atoms with Crippen molar-refractivity contribution in [3.8, 4) is 0 Å². The zero-order chi connectivity index (χ0) is 18.6. The first-order valence-electron chi connectivity index (χ1n) is 7.60. The summed E-state index contributed by atoms with van der Waals surface area (Å²) in [7, 11) is -4.68. The van der Waals surface area contributed by atoms with Gasteiger partial charge in [-0.05, 0) is 31.2 Å². The molecule has 138 valence electrons. The predicted octanol–water partition coefficient (Wildman–Crippen LogP) is 1.60. The summed E-state index contributed by atoms with van der Waals surface area (Å²) in [5.74, 6) is -3.87. The van der Waals surface area contributed by atoms with E-state index >= 15 is 0 Å². The molecule has 0 atom stereocenters. The number of hydrogen-bond acceptors (Lipinski definition) is 5. The van der Waals surface area contributed by atoms with Crippen LogP contribution in [0.3, 0.4) is 0 Å². The molecule has 1 aliphatic rings. The first-order valence-corrected chi connectivity index (χ1v) is 9.15. The van der Waals surface area contributed by atoms with Gasteiger partial charge in [-0.25, -0.2) is 13.2 Å². The number of halogens is 2. The van der Waals surface area contributed by atoms with Gasteiger partial charge in [-0.1, -0.05) is 0 Å². The minimum absolute atomic E-state index is 0.192. The van der Waals surface area contributed by atoms with Gasteiger partial charge in [-0.2, -0.15) is 8.78 Å². The van der Waals surface area contributed by atoms with Gasteiger partial charge in [0.1, 0.15) is 0 Å². The second kappa shape index (κ2) is 7.77. The summed E-state index contributed by atoms with van der Waals surface area (Å²) in [5, 5.41) is 0. The Morgan fingerprint density at radius 2 is 1.60 bits per heavy atom. The first-order chi connectivity index (χ1) is 11.8. The van der Waals surface area contributed by atoms with Crippen LogP contribution < -0.4 is 0 Å². The van der Waals surface area contributed by atoms with E-state index in [4.69, 9.17) is 4.74 Å². The summed E-state index contributed by atoms with van der Waals surface area (Å²) in [6, 6.07) is 4.39. The monoisotopic (exact) mass is 376 g/mol. The second-order valence-electron chi connectivity index (χ2n) is 5.31. The number of carbonyl (C=O) groups excluding carboxylic acids is 2. The maximum absolute atomic E-state index is 12.5. The van der Waals surface area contributed by atoms with Crippen molar-refractivity contribution in [3.05, 3.63) is 29.8 Å². The Morgan fingerprint density at radius 1 is 1.08 bits per heavy atom. The molecule has 10 heteroatoms. The average molecular weight is 376 g/mol. The Kier molecular flexibility index (Phi) is 5.93. The van der Waals surface area contributed by atoms with Crippen molar-refractivity contribution in [1.82, 2.24) is 9.80 Å². The van der Waals surface area contributed by atoms with Crippen molar-refractivity contribution < 1.29 is 31.5 Å². The molecule has 1 aromatic carbocycles. The molecule has 0 N–H and O–H groups in total. The summed E-state index contributed by atoms with van der Waals surface area (Å²) < 4.78 is 52.6. The minimum atomic E-state index is -4.68. The van der Waals surface area contributed by atoms with Gasteiger partial charge >= 0.3 is 11.9 Å². The van der Waals surface area contributed by atoms with Gasteiger partial charge in [-0.15, -0.1) is 0 Å². The number of benzene rings is 1. The number of alkyl halides is 2. The number of piperazine rings is 1. The Labute approximate surface area is 144 Å². The standard InChI is InChI=1S/C15H18F2N2O5S/c1-2-24-15(21)19-9-7-18(8-10-19)13(20)11-3-5-12(6-4-11)25(22,23)14(16)17/h3-6,14H,2,7-10H2,1H3. The van der Waals surface area contributed by atoms with Crippen LogP contribution in [0.5, 0.6) is 0 Å². The lowest BCUT2D eigenvalue weighted by Crippen LogP contribution is -2.50. The Morgan fingerprint density at radius 3 is 2.08 bits per heavy atom. The van der Waals surface area contributed by atoms with E-state index in [0.29, 0.717) is 26.2 Å². The van der Waals surface area contributed by atoms with Crippen molar-refractivity contribution in [2.24, 2.45) is 0 Å². The Balaban J connectivity index is 2.01. The number of sulfone groups is 1. The summed E-state index contributed by atoms with van der Waals surface area (Å²) in [6.45, 7) is 3.22. The highest BCUT2D eigenvalue weighted by Gasteiger charge is 2.28. The lowest BCUT2D eigenvalue weighted by Gasteiger charge is -2.34. The molecule has 0 spiro atoms. The van der Waals surface area contributed by atoms with E-state index < -0.39 is 26.6 Å². The van der Waals surface area contributed by atoms with Crippen LogP contribution in [0.25, 0.3) is 0 Å². The van der Waals surface area contributed by atoms with Crippen LogP contribution in [0, 0.1) is 0 Å². The molecule has 2 rings (SSSR count). The van der Waals surface area contributed by atoms with Crippen molar-refractivity contribution in [1.29, 1.82) is 0 Å². The van der Waals surface area contributed by atoms with Gasteiger partial charge in [-0.3, -0.25) is 4.79 Å². The number of amides is 2. The zero-order valence-corrected chi connectivity index (χ0v) is 14.3. The van der Waals surface area contributed by atoms with E-state index in [0.717, 1.165) is 12.1 Å². The Hall–Kier alpha value is -2.23. The molecule has 0 aliphatic carbocycles. The molecule has 1 saturated heterocycles. The number of nitrogens with zero attached hydrogens (tertiary/aromatic N) is 2. The van der Waals surface area contributed by atoms with Gasteiger partial charge in [0.05, 0.1) is 11.5 Å². The van der Waals surface area contributed by atoms with Gasteiger partial charge in [0.2, 0.25) is 9.84 Å². The maximum Gasteiger partial charge on any atom is 0.409 e. The number of carbonyl (C=O) groups is 2. The molecule has 0 saturated carbocycles. The molecule has 1 heterocycles. The third kappa shape index (κ3) is 4.25. The summed E-state index contributed by atoms with van der Waals surface area (Å²) >= 11 is 0. The molecule has 0 bridgehead atoms.